The maximum atomic E-state index is 5.78. The second-order valence-electron chi connectivity index (χ2n) is 4.47. The minimum Gasteiger partial charge on any atom is -0.459 e. The van der Waals surface area contributed by atoms with Crippen molar-refractivity contribution in [3.05, 3.63) is 29.3 Å². The molecule has 0 radical (unpaired) electrons. The number of rotatable bonds is 3. The number of nitrogens with zero attached hydrogens (tertiary/aromatic N) is 4. The smallest absolute Gasteiger partial charge is 0.445 e. The van der Waals surface area contributed by atoms with E-state index in [1.54, 1.807) is 4.58 Å². The Kier molecular flexibility index (Phi) is 3.39. The van der Waals surface area contributed by atoms with Gasteiger partial charge >= 0.3 is 18.0 Å². The van der Waals surface area contributed by atoms with Crippen molar-refractivity contribution in [1.29, 1.82) is 0 Å². The van der Waals surface area contributed by atoms with Gasteiger partial charge in [-0.3, -0.25) is 0 Å². The monoisotopic (exact) mass is 287 g/mol. The molecule has 1 aromatic heterocycles. The number of methoxy groups -OCH3 is 2. The first kappa shape index (κ1) is 13.3. The number of aryl methyl sites for hydroxylation is 1. The van der Waals surface area contributed by atoms with Crippen molar-refractivity contribution in [2.24, 2.45) is 0 Å². The highest BCUT2D eigenvalue weighted by Crippen LogP contribution is 2.26. The zero-order chi connectivity index (χ0) is 14.8. The molecule has 0 bridgehead atoms. The van der Waals surface area contributed by atoms with Gasteiger partial charge in [-0.15, -0.1) is 4.98 Å². The normalized spacial score (nSPS) is 13.0. The van der Waals surface area contributed by atoms with Crippen LogP contribution in [0.15, 0.2) is 18.2 Å². The van der Waals surface area contributed by atoms with E-state index in [0.717, 1.165) is 16.9 Å². The predicted octanol–water partition coefficient (Wildman–Crippen LogP) is 1.31. The number of hydrogen-bond donors (Lipinski definition) is 0. The molecular weight excluding hydrogens is 272 g/mol. The van der Waals surface area contributed by atoms with Gasteiger partial charge in [0.1, 0.15) is 5.75 Å². The summed E-state index contributed by atoms with van der Waals surface area (Å²) in [6, 6.07) is 6.36. The van der Waals surface area contributed by atoms with Crippen LogP contribution in [0.1, 0.15) is 11.1 Å². The Bertz CT molecular complexity index is 693. The third kappa shape index (κ3) is 2.49. The van der Waals surface area contributed by atoms with E-state index in [9.17, 15) is 0 Å². The lowest BCUT2D eigenvalue weighted by molar-refractivity contribution is -0.483. The average Bonchev–Trinajstić information content (AvgIpc) is 2.54. The molecule has 0 saturated heterocycles. The molecule has 0 atom stereocenters. The summed E-state index contributed by atoms with van der Waals surface area (Å²) in [5.74, 6) is 1.28. The fourth-order valence-electron chi connectivity index (χ4n) is 2.07. The molecule has 2 aromatic rings. The van der Waals surface area contributed by atoms with Gasteiger partial charge in [-0.25, -0.2) is 0 Å². The molecule has 21 heavy (non-hydrogen) atoms. The summed E-state index contributed by atoms with van der Waals surface area (Å²) < 4.78 is 17.7. The van der Waals surface area contributed by atoms with E-state index in [1.165, 1.54) is 14.2 Å². The van der Waals surface area contributed by atoms with Crippen LogP contribution in [-0.2, 0) is 0 Å². The fraction of sp³-hybridized carbons (Fsp3) is 0.286. The van der Waals surface area contributed by atoms with Crippen LogP contribution in [0.25, 0.3) is 0 Å². The van der Waals surface area contributed by atoms with E-state index in [4.69, 9.17) is 14.2 Å². The lowest BCUT2D eigenvalue weighted by Crippen LogP contribution is -2.23. The molecule has 0 spiro atoms. The van der Waals surface area contributed by atoms with Crippen LogP contribution in [0.3, 0.4) is 0 Å². The summed E-state index contributed by atoms with van der Waals surface area (Å²) in [6.45, 7) is 2.32. The Morgan fingerprint density at radius 1 is 1.10 bits per heavy atom. The predicted molar refractivity (Wildman–Crippen MR) is 74.7 cm³/mol. The molecule has 108 valence electrons. The van der Waals surface area contributed by atoms with Crippen molar-refractivity contribution >= 4 is 12.2 Å². The lowest BCUT2D eigenvalue weighted by Gasteiger charge is -2.17. The SMILES string of the molecule is COc1nc(OC)nc([N+]2=Cc3cccc(C)c3OC2)n1. The fourth-order valence-corrected chi connectivity index (χ4v) is 2.07. The van der Waals surface area contributed by atoms with Crippen LogP contribution < -0.4 is 14.2 Å². The van der Waals surface area contributed by atoms with E-state index < -0.39 is 0 Å². The van der Waals surface area contributed by atoms with Gasteiger partial charge in [-0.1, -0.05) is 12.1 Å². The molecule has 1 aromatic carbocycles. The minimum atomic E-state index is 0.195. The minimum absolute atomic E-state index is 0.195. The topological polar surface area (TPSA) is 69.4 Å². The van der Waals surface area contributed by atoms with Crippen LogP contribution in [-0.4, -0.2) is 46.7 Å². The van der Waals surface area contributed by atoms with E-state index >= 15 is 0 Å². The quantitative estimate of drug-likeness (QED) is 0.793. The Morgan fingerprint density at radius 3 is 2.48 bits per heavy atom. The Hall–Kier alpha value is -2.70. The summed E-state index contributed by atoms with van der Waals surface area (Å²) in [7, 11) is 2.99. The van der Waals surface area contributed by atoms with E-state index in [-0.39, 0.29) is 12.0 Å². The second kappa shape index (κ2) is 5.35. The number of fused-ring (bicyclic) bond motifs is 1. The summed E-state index contributed by atoms with van der Waals surface area (Å²) in [4.78, 5) is 12.4. The van der Waals surface area contributed by atoms with Crippen molar-refractivity contribution in [2.75, 3.05) is 21.0 Å². The molecule has 1 aliphatic heterocycles. The van der Waals surface area contributed by atoms with Crippen LogP contribution in [0, 0.1) is 6.92 Å². The Labute approximate surface area is 121 Å². The highest BCUT2D eigenvalue weighted by atomic mass is 16.5. The Balaban J connectivity index is 2.05. The van der Waals surface area contributed by atoms with Gasteiger partial charge in [0, 0.05) is 5.56 Å². The maximum absolute atomic E-state index is 5.78. The van der Waals surface area contributed by atoms with Crippen LogP contribution >= 0.6 is 0 Å². The second-order valence-corrected chi connectivity index (χ2v) is 4.47. The maximum Gasteiger partial charge on any atom is 0.445 e. The molecule has 0 saturated carbocycles. The summed E-state index contributed by atoms with van der Waals surface area (Å²) in [5.41, 5.74) is 2.06. The molecule has 0 fully saturated rings. The van der Waals surface area contributed by atoms with Crippen LogP contribution in [0.5, 0.6) is 17.8 Å². The van der Waals surface area contributed by atoms with E-state index in [0.29, 0.717) is 12.7 Å². The van der Waals surface area contributed by atoms with Gasteiger partial charge in [0.05, 0.1) is 20.4 Å². The zero-order valence-corrected chi connectivity index (χ0v) is 12.0. The van der Waals surface area contributed by atoms with Gasteiger partial charge in [-0.05, 0) is 28.5 Å². The lowest BCUT2D eigenvalue weighted by atomic mass is 10.1. The number of benzene rings is 1. The highest BCUT2D eigenvalue weighted by Gasteiger charge is 2.24. The molecule has 2 heterocycles. The molecule has 0 aliphatic carbocycles. The van der Waals surface area contributed by atoms with Gasteiger partial charge in [0.15, 0.2) is 0 Å². The summed E-state index contributed by atoms with van der Waals surface area (Å²) in [5, 5.41) is 0. The van der Waals surface area contributed by atoms with Crippen LogP contribution in [0.4, 0.5) is 5.95 Å². The largest absolute Gasteiger partial charge is 0.459 e. The molecule has 1 aliphatic rings. The number of para-hydroxylation sites is 1. The van der Waals surface area contributed by atoms with Crippen LogP contribution in [0.2, 0.25) is 0 Å². The average molecular weight is 287 g/mol. The van der Waals surface area contributed by atoms with Gasteiger partial charge in [0.2, 0.25) is 6.73 Å². The third-order valence-corrected chi connectivity index (χ3v) is 3.09. The summed E-state index contributed by atoms with van der Waals surface area (Å²) in [6.07, 6.45) is 1.93. The molecule has 0 N–H and O–H groups in total. The molecule has 0 amide bonds. The van der Waals surface area contributed by atoms with Crippen molar-refractivity contribution < 1.29 is 18.8 Å². The van der Waals surface area contributed by atoms with Gasteiger partial charge < -0.3 is 14.2 Å². The number of ether oxygens (including phenoxy) is 3. The van der Waals surface area contributed by atoms with Gasteiger partial charge in [-0.2, -0.15) is 4.58 Å². The highest BCUT2D eigenvalue weighted by molar-refractivity contribution is 5.82. The molecular formula is C14H15N4O3+. The molecule has 7 heteroatoms. The molecule has 7 nitrogen and oxygen atoms in total. The van der Waals surface area contributed by atoms with Gasteiger partial charge in [0.25, 0.3) is 0 Å². The first-order chi connectivity index (χ1) is 10.2. The van der Waals surface area contributed by atoms with Crippen molar-refractivity contribution in [1.82, 2.24) is 15.0 Å². The number of aromatic nitrogens is 3. The van der Waals surface area contributed by atoms with Crippen molar-refractivity contribution in [2.45, 2.75) is 6.92 Å². The molecule has 3 rings (SSSR count). The van der Waals surface area contributed by atoms with E-state index in [1.807, 2.05) is 31.3 Å². The Morgan fingerprint density at radius 2 is 1.81 bits per heavy atom. The molecule has 0 unspecified atom stereocenters. The first-order valence-electron chi connectivity index (χ1n) is 6.39. The summed E-state index contributed by atoms with van der Waals surface area (Å²) >= 11 is 0. The number of hydrogen-bond acceptors (Lipinski definition) is 6. The van der Waals surface area contributed by atoms with Crippen molar-refractivity contribution in [3.8, 4) is 17.8 Å². The third-order valence-electron chi connectivity index (χ3n) is 3.09. The van der Waals surface area contributed by atoms with Crippen molar-refractivity contribution in [3.63, 3.8) is 0 Å². The van der Waals surface area contributed by atoms with E-state index in [2.05, 4.69) is 15.0 Å². The standard InChI is InChI=1S/C14H15N4O3/c1-9-5-4-6-10-7-18(8-21-11(9)10)12-15-13(19-2)17-14(16-12)20-3/h4-7H,8H2,1-3H3/q+1. The first-order valence-corrected chi connectivity index (χ1v) is 6.39. The zero-order valence-electron chi connectivity index (χ0n) is 12.0.